The smallest absolute Gasteiger partial charge is 0.262 e. The van der Waals surface area contributed by atoms with Gasteiger partial charge in [0.25, 0.3) is 17.7 Å². The molecule has 8 heteroatoms. The molecule has 0 fully saturated rings. The number of amides is 4. The van der Waals surface area contributed by atoms with Gasteiger partial charge in [0.05, 0.1) is 11.1 Å². The van der Waals surface area contributed by atoms with E-state index in [1.54, 1.807) is 48.5 Å². The molecule has 212 valence electrons. The van der Waals surface area contributed by atoms with E-state index in [1.807, 2.05) is 62.4 Å². The van der Waals surface area contributed by atoms with E-state index in [2.05, 4.69) is 5.32 Å². The third-order valence-corrected chi connectivity index (χ3v) is 7.88. The van der Waals surface area contributed by atoms with E-state index in [0.29, 0.717) is 16.3 Å². The SMILES string of the molecule is Cc1cccc(C)c1NC(=O)[C@@H](c1ccccc1Cl)N(Cc1ccccc1)C(=O)[C@@H](C)N1C(=O)c2ccccc2C1=O. The Bertz CT molecular complexity index is 1630. The Morgan fingerprint density at radius 3 is 1.93 bits per heavy atom. The minimum absolute atomic E-state index is 0.0310. The fourth-order valence-electron chi connectivity index (χ4n) is 5.34. The lowest BCUT2D eigenvalue weighted by Crippen LogP contribution is -2.52. The van der Waals surface area contributed by atoms with Crippen LogP contribution in [0, 0.1) is 13.8 Å². The molecule has 2 atom stereocenters. The second-order valence-electron chi connectivity index (χ2n) is 10.3. The molecule has 0 saturated heterocycles. The van der Waals surface area contributed by atoms with Gasteiger partial charge in [-0.25, -0.2) is 0 Å². The summed E-state index contributed by atoms with van der Waals surface area (Å²) in [5.74, 6) is -2.15. The first-order chi connectivity index (χ1) is 20.2. The molecule has 0 aliphatic carbocycles. The maximum atomic E-state index is 14.5. The van der Waals surface area contributed by atoms with E-state index in [9.17, 15) is 19.2 Å². The summed E-state index contributed by atoms with van der Waals surface area (Å²) in [6.07, 6.45) is 0. The number of para-hydroxylation sites is 1. The highest BCUT2D eigenvalue weighted by Gasteiger charge is 2.44. The summed E-state index contributed by atoms with van der Waals surface area (Å²) in [7, 11) is 0. The summed E-state index contributed by atoms with van der Waals surface area (Å²) in [6.45, 7) is 5.33. The highest BCUT2D eigenvalue weighted by Crippen LogP contribution is 2.33. The van der Waals surface area contributed by atoms with E-state index in [0.717, 1.165) is 21.6 Å². The van der Waals surface area contributed by atoms with Crippen LogP contribution in [0.15, 0.2) is 97.1 Å². The Kier molecular flexibility index (Phi) is 8.22. The fraction of sp³-hybridized carbons (Fsp3) is 0.176. The van der Waals surface area contributed by atoms with E-state index in [-0.39, 0.29) is 17.7 Å². The molecule has 0 unspecified atom stereocenters. The zero-order valence-electron chi connectivity index (χ0n) is 23.5. The van der Waals surface area contributed by atoms with Crippen LogP contribution < -0.4 is 5.32 Å². The van der Waals surface area contributed by atoms with Gasteiger partial charge in [0.2, 0.25) is 5.91 Å². The summed E-state index contributed by atoms with van der Waals surface area (Å²) in [4.78, 5) is 57.7. The monoisotopic (exact) mass is 579 g/mol. The number of anilines is 1. The average molecular weight is 580 g/mol. The molecule has 0 saturated carbocycles. The normalized spacial score (nSPS) is 13.9. The molecule has 7 nitrogen and oxygen atoms in total. The van der Waals surface area contributed by atoms with Crippen LogP contribution in [-0.4, -0.2) is 39.5 Å². The van der Waals surface area contributed by atoms with Crippen molar-refractivity contribution in [2.75, 3.05) is 5.32 Å². The molecular formula is C34H30ClN3O4. The van der Waals surface area contributed by atoms with Crippen molar-refractivity contribution in [2.24, 2.45) is 0 Å². The van der Waals surface area contributed by atoms with E-state index in [4.69, 9.17) is 11.6 Å². The molecule has 1 N–H and O–H groups in total. The maximum absolute atomic E-state index is 14.5. The largest absolute Gasteiger partial charge is 0.323 e. The van der Waals surface area contributed by atoms with Gasteiger partial charge >= 0.3 is 0 Å². The summed E-state index contributed by atoms with van der Waals surface area (Å²) in [5, 5.41) is 3.33. The average Bonchev–Trinajstić information content (AvgIpc) is 3.24. The number of rotatable bonds is 8. The number of hydrogen-bond acceptors (Lipinski definition) is 4. The minimum atomic E-state index is -1.20. The Hall–Kier alpha value is -4.75. The molecule has 0 aromatic heterocycles. The van der Waals surface area contributed by atoms with Gasteiger partial charge in [0.1, 0.15) is 12.1 Å². The summed E-state index contributed by atoms with van der Waals surface area (Å²) in [6, 6.07) is 25.9. The van der Waals surface area contributed by atoms with Gasteiger partial charge in [-0.1, -0.05) is 90.5 Å². The molecule has 42 heavy (non-hydrogen) atoms. The Morgan fingerprint density at radius 1 is 0.786 bits per heavy atom. The second-order valence-corrected chi connectivity index (χ2v) is 10.7. The van der Waals surface area contributed by atoms with Crippen LogP contribution in [-0.2, 0) is 16.1 Å². The minimum Gasteiger partial charge on any atom is -0.323 e. The van der Waals surface area contributed by atoms with Gasteiger partial charge in [0, 0.05) is 22.8 Å². The highest BCUT2D eigenvalue weighted by molar-refractivity contribution is 6.31. The number of halogens is 1. The molecule has 1 aliphatic rings. The number of benzene rings is 4. The fourth-order valence-corrected chi connectivity index (χ4v) is 5.58. The molecule has 1 aliphatic heterocycles. The van der Waals surface area contributed by atoms with Gasteiger partial charge in [-0.15, -0.1) is 0 Å². The van der Waals surface area contributed by atoms with Crippen LogP contribution in [0.2, 0.25) is 5.02 Å². The summed E-state index contributed by atoms with van der Waals surface area (Å²) < 4.78 is 0. The summed E-state index contributed by atoms with van der Waals surface area (Å²) in [5.41, 5.74) is 4.03. The summed E-state index contributed by atoms with van der Waals surface area (Å²) >= 11 is 6.66. The van der Waals surface area contributed by atoms with Crippen molar-refractivity contribution in [3.63, 3.8) is 0 Å². The number of aryl methyl sites for hydroxylation is 2. The molecule has 0 spiro atoms. The van der Waals surface area contributed by atoms with E-state index < -0.39 is 35.7 Å². The predicted molar refractivity (Wildman–Crippen MR) is 162 cm³/mol. The number of hydrogen-bond donors (Lipinski definition) is 1. The van der Waals surface area contributed by atoms with Crippen LogP contribution in [0.25, 0.3) is 0 Å². The van der Waals surface area contributed by atoms with Crippen LogP contribution in [0.5, 0.6) is 0 Å². The molecule has 4 aromatic rings. The number of fused-ring (bicyclic) bond motifs is 1. The zero-order chi connectivity index (χ0) is 30.0. The van der Waals surface area contributed by atoms with Crippen molar-refractivity contribution >= 4 is 40.9 Å². The lowest BCUT2D eigenvalue weighted by Gasteiger charge is -2.35. The van der Waals surface area contributed by atoms with Crippen molar-refractivity contribution in [3.05, 3.63) is 135 Å². The number of carbonyl (C=O) groups excluding carboxylic acids is 4. The number of nitrogens with zero attached hydrogens (tertiary/aromatic N) is 2. The predicted octanol–water partition coefficient (Wildman–Crippen LogP) is 6.35. The number of imide groups is 1. The van der Waals surface area contributed by atoms with Crippen LogP contribution in [0.3, 0.4) is 0 Å². The molecule has 4 amide bonds. The van der Waals surface area contributed by atoms with Crippen molar-refractivity contribution in [2.45, 2.75) is 39.4 Å². The van der Waals surface area contributed by atoms with Crippen molar-refractivity contribution in [1.29, 1.82) is 0 Å². The Morgan fingerprint density at radius 2 is 1.33 bits per heavy atom. The molecule has 1 heterocycles. The van der Waals surface area contributed by atoms with Crippen LogP contribution in [0.1, 0.15) is 55.9 Å². The molecule has 5 rings (SSSR count). The van der Waals surface area contributed by atoms with E-state index >= 15 is 0 Å². The maximum Gasteiger partial charge on any atom is 0.262 e. The lowest BCUT2D eigenvalue weighted by molar-refractivity contribution is -0.142. The van der Waals surface area contributed by atoms with Crippen molar-refractivity contribution in [3.8, 4) is 0 Å². The van der Waals surface area contributed by atoms with Gasteiger partial charge in [-0.3, -0.25) is 24.1 Å². The second kappa shape index (κ2) is 12.0. The molecule has 0 radical (unpaired) electrons. The Balaban J connectivity index is 1.60. The number of nitrogens with one attached hydrogen (secondary N) is 1. The van der Waals surface area contributed by atoms with Crippen molar-refractivity contribution < 1.29 is 19.2 Å². The van der Waals surface area contributed by atoms with Gasteiger partial charge in [-0.05, 0) is 55.7 Å². The first kappa shape index (κ1) is 28.8. The van der Waals surface area contributed by atoms with Crippen molar-refractivity contribution in [1.82, 2.24) is 9.80 Å². The van der Waals surface area contributed by atoms with E-state index in [1.165, 1.54) is 11.8 Å². The van der Waals surface area contributed by atoms with Gasteiger partial charge < -0.3 is 10.2 Å². The molecule has 0 bridgehead atoms. The lowest BCUT2D eigenvalue weighted by atomic mass is 10.0. The first-order valence-corrected chi connectivity index (χ1v) is 14.0. The molecule has 4 aromatic carbocycles. The van der Waals surface area contributed by atoms with Gasteiger partial charge in [-0.2, -0.15) is 0 Å². The quantitative estimate of drug-likeness (QED) is 0.246. The third-order valence-electron chi connectivity index (χ3n) is 7.54. The van der Waals surface area contributed by atoms with Crippen LogP contribution in [0.4, 0.5) is 5.69 Å². The first-order valence-electron chi connectivity index (χ1n) is 13.6. The topological polar surface area (TPSA) is 86.8 Å². The highest BCUT2D eigenvalue weighted by atomic mass is 35.5. The zero-order valence-corrected chi connectivity index (χ0v) is 24.3. The molecular weight excluding hydrogens is 550 g/mol. The third kappa shape index (κ3) is 5.43. The standard InChI is InChI=1S/C34H30ClN3O4/c1-21-12-11-13-22(2)29(21)36-31(39)30(27-18-9-10-19-28(27)35)37(20-24-14-5-4-6-15-24)32(40)23(3)38-33(41)25-16-7-8-17-26(25)34(38)42/h4-19,23,30H,20H2,1-3H3,(H,36,39)/t23-,30-/m1/s1. The Labute approximate surface area is 249 Å². The number of carbonyl (C=O) groups is 4. The van der Waals surface area contributed by atoms with Crippen LogP contribution >= 0.6 is 11.6 Å². The van der Waals surface area contributed by atoms with Gasteiger partial charge in [0.15, 0.2) is 0 Å².